The third-order valence-corrected chi connectivity index (χ3v) is 6.91. The van der Waals surface area contributed by atoms with Gasteiger partial charge in [0, 0.05) is 30.7 Å². The Kier molecular flexibility index (Phi) is 4.94. The molecule has 5 nitrogen and oxygen atoms in total. The summed E-state index contributed by atoms with van der Waals surface area (Å²) in [4.78, 5) is 6.59. The van der Waals surface area contributed by atoms with Crippen LogP contribution in [0.5, 0.6) is 0 Å². The molecule has 0 spiro atoms. The maximum absolute atomic E-state index is 13.0. The van der Waals surface area contributed by atoms with Crippen molar-refractivity contribution in [3.63, 3.8) is 0 Å². The summed E-state index contributed by atoms with van der Waals surface area (Å²) in [7, 11) is -3.60. The summed E-state index contributed by atoms with van der Waals surface area (Å²) in [5, 5.41) is 2.83. The molecule has 27 heavy (non-hydrogen) atoms. The van der Waals surface area contributed by atoms with Gasteiger partial charge in [-0.25, -0.2) is 22.5 Å². The topological polar surface area (TPSA) is 62.3 Å². The summed E-state index contributed by atoms with van der Waals surface area (Å²) in [6.45, 7) is 1.39. The van der Waals surface area contributed by atoms with Crippen LogP contribution in [0.15, 0.2) is 65.0 Å². The zero-order valence-electron chi connectivity index (χ0n) is 14.4. The molecule has 1 aliphatic heterocycles. The Morgan fingerprint density at radius 2 is 1.74 bits per heavy atom. The predicted molar refractivity (Wildman–Crippen MR) is 105 cm³/mol. The first-order valence-corrected chi connectivity index (χ1v) is 10.9. The van der Waals surface area contributed by atoms with E-state index in [0.717, 1.165) is 29.2 Å². The second-order valence-electron chi connectivity index (χ2n) is 6.40. The van der Waals surface area contributed by atoms with E-state index in [1.165, 1.54) is 12.1 Å². The minimum Gasteiger partial charge on any atom is -0.346 e. The molecule has 2 heterocycles. The van der Waals surface area contributed by atoms with E-state index in [0.29, 0.717) is 6.54 Å². The molecular weight excluding hydrogens is 385 g/mol. The monoisotopic (exact) mass is 403 g/mol. The van der Waals surface area contributed by atoms with Crippen LogP contribution in [-0.4, -0.2) is 32.5 Å². The molecule has 140 valence electrons. The lowest BCUT2D eigenvalue weighted by atomic mass is 10.1. The molecule has 0 bridgehead atoms. The van der Waals surface area contributed by atoms with Crippen LogP contribution in [0.4, 0.5) is 9.52 Å². The number of hydrogen-bond acceptors (Lipinski definition) is 5. The summed E-state index contributed by atoms with van der Waals surface area (Å²) in [6.07, 6.45) is 2.49. The van der Waals surface area contributed by atoms with Gasteiger partial charge in [0.15, 0.2) is 5.13 Å². The number of rotatable bonds is 5. The number of nitrogens with zero attached hydrogens (tertiary/aromatic N) is 2. The Morgan fingerprint density at radius 1 is 1.07 bits per heavy atom. The number of halogens is 1. The molecule has 2 aromatic carbocycles. The summed E-state index contributed by atoms with van der Waals surface area (Å²) in [5.74, 6) is -0.300. The third-order valence-electron chi connectivity index (χ3n) is 4.54. The molecule has 3 aromatic rings. The number of sulfonamides is 1. The molecule has 0 amide bonds. The van der Waals surface area contributed by atoms with Crippen molar-refractivity contribution in [2.24, 2.45) is 0 Å². The number of anilines is 1. The lowest BCUT2D eigenvalue weighted by Crippen LogP contribution is -2.37. The zero-order valence-corrected chi connectivity index (χ0v) is 16.0. The molecule has 1 fully saturated rings. The van der Waals surface area contributed by atoms with Gasteiger partial charge in [0.2, 0.25) is 10.0 Å². The van der Waals surface area contributed by atoms with Gasteiger partial charge >= 0.3 is 0 Å². The van der Waals surface area contributed by atoms with Crippen LogP contribution in [0, 0.1) is 5.82 Å². The fraction of sp³-hybridized carbons (Fsp3) is 0.211. The zero-order chi connectivity index (χ0) is 18.9. The maximum atomic E-state index is 13.0. The molecule has 1 N–H and O–H groups in total. The van der Waals surface area contributed by atoms with E-state index in [1.807, 2.05) is 5.38 Å². The molecule has 8 heteroatoms. The summed E-state index contributed by atoms with van der Waals surface area (Å²) < 4.78 is 41.2. The molecule has 1 aliphatic rings. The van der Waals surface area contributed by atoms with E-state index in [9.17, 15) is 12.8 Å². The average Bonchev–Trinajstić information content (AvgIpc) is 3.34. The number of aromatic nitrogens is 1. The van der Waals surface area contributed by atoms with Crippen molar-refractivity contribution in [2.45, 2.75) is 17.4 Å². The Bertz CT molecular complexity index is 1000. The Balaban J connectivity index is 1.45. The summed E-state index contributed by atoms with van der Waals surface area (Å²) in [5.41, 5.74) is 1.67. The van der Waals surface area contributed by atoms with Gasteiger partial charge < -0.3 is 4.90 Å². The average molecular weight is 404 g/mol. The normalized spacial score (nSPS) is 17.4. The Hall–Kier alpha value is -2.29. The van der Waals surface area contributed by atoms with Crippen molar-refractivity contribution in [3.05, 3.63) is 65.9 Å². The quantitative estimate of drug-likeness (QED) is 0.708. The molecule has 1 saturated heterocycles. The van der Waals surface area contributed by atoms with Crippen LogP contribution >= 0.6 is 11.3 Å². The van der Waals surface area contributed by atoms with Gasteiger partial charge in [-0.15, -0.1) is 11.3 Å². The van der Waals surface area contributed by atoms with Gasteiger partial charge in [0.1, 0.15) is 5.82 Å². The largest absolute Gasteiger partial charge is 0.346 e. The lowest BCUT2D eigenvalue weighted by Gasteiger charge is -2.16. The van der Waals surface area contributed by atoms with Gasteiger partial charge in [0.05, 0.1) is 4.90 Å². The van der Waals surface area contributed by atoms with Crippen molar-refractivity contribution in [1.82, 2.24) is 9.71 Å². The Morgan fingerprint density at radius 3 is 2.37 bits per heavy atom. The highest BCUT2D eigenvalue weighted by Gasteiger charge is 2.28. The maximum Gasteiger partial charge on any atom is 0.240 e. The van der Waals surface area contributed by atoms with E-state index in [1.54, 1.807) is 53.9 Å². The van der Waals surface area contributed by atoms with E-state index in [2.05, 4.69) is 14.6 Å². The lowest BCUT2D eigenvalue weighted by molar-refractivity contribution is 0.561. The van der Waals surface area contributed by atoms with Gasteiger partial charge in [-0.3, -0.25) is 0 Å². The minimum atomic E-state index is -3.60. The van der Waals surface area contributed by atoms with Crippen LogP contribution in [0.3, 0.4) is 0 Å². The van der Waals surface area contributed by atoms with Gasteiger partial charge in [-0.05, 0) is 41.8 Å². The fourth-order valence-corrected chi connectivity index (χ4v) is 5.10. The SMILES string of the molecule is O=S(=O)(NC1CCN(c2nccs2)C1)c1ccc(-c2ccc(F)cc2)cc1. The highest BCUT2D eigenvalue weighted by Crippen LogP contribution is 2.24. The van der Waals surface area contributed by atoms with Crippen molar-refractivity contribution in [3.8, 4) is 11.1 Å². The molecule has 1 aromatic heterocycles. The second kappa shape index (κ2) is 7.38. The van der Waals surface area contributed by atoms with Crippen molar-refractivity contribution < 1.29 is 12.8 Å². The smallest absolute Gasteiger partial charge is 0.240 e. The van der Waals surface area contributed by atoms with Crippen molar-refractivity contribution >= 4 is 26.5 Å². The summed E-state index contributed by atoms with van der Waals surface area (Å²) in [6, 6.07) is 12.6. The van der Waals surface area contributed by atoms with E-state index in [4.69, 9.17) is 0 Å². The minimum absolute atomic E-state index is 0.143. The van der Waals surface area contributed by atoms with Crippen molar-refractivity contribution in [1.29, 1.82) is 0 Å². The molecule has 0 radical (unpaired) electrons. The highest BCUT2D eigenvalue weighted by molar-refractivity contribution is 7.89. The molecule has 0 saturated carbocycles. The molecule has 1 unspecified atom stereocenters. The van der Waals surface area contributed by atoms with E-state index < -0.39 is 10.0 Å². The summed E-state index contributed by atoms with van der Waals surface area (Å²) >= 11 is 1.55. The van der Waals surface area contributed by atoms with E-state index >= 15 is 0 Å². The molecule has 1 atom stereocenters. The number of benzene rings is 2. The van der Waals surface area contributed by atoms with Gasteiger partial charge in [0.25, 0.3) is 0 Å². The van der Waals surface area contributed by atoms with Gasteiger partial charge in [-0.1, -0.05) is 24.3 Å². The first-order valence-electron chi connectivity index (χ1n) is 8.54. The van der Waals surface area contributed by atoms with Crippen LogP contribution in [-0.2, 0) is 10.0 Å². The second-order valence-corrected chi connectivity index (χ2v) is 8.99. The third kappa shape index (κ3) is 4.02. The van der Waals surface area contributed by atoms with Gasteiger partial charge in [-0.2, -0.15) is 0 Å². The Labute approximate surface area is 161 Å². The molecule has 4 rings (SSSR count). The first kappa shape index (κ1) is 18.1. The molecular formula is C19H18FN3O2S2. The number of nitrogens with one attached hydrogen (secondary N) is 1. The number of thiazole rings is 1. The van der Waals surface area contributed by atoms with Crippen molar-refractivity contribution in [2.75, 3.05) is 18.0 Å². The highest BCUT2D eigenvalue weighted by atomic mass is 32.2. The number of hydrogen-bond donors (Lipinski definition) is 1. The van der Waals surface area contributed by atoms with Crippen LogP contribution in [0.1, 0.15) is 6.42 Å². The van der Waals surface area contributed by atoms with Crippen LogP contribution in [0.2, 0.25) is 0 Å². The van der Waals surface area contributed by atoms with E-state index in [-0.39, 0.29) is 16.8 Å². The first-order chi connectivity index (χ1) is 13.0. The van der Waals surface area contributed by atoms with Crippen LogP contribution in [0.25, 0.3) is 11.1 Å². The standard InChI is InChI=1S/C19H18FN3O2S2/c20-16-5-1-14(2-6-16)15-3-7-18(8-4-15)27(24,25)22-17-9-11-23(13-17)19-21-10-12-26-19/h1-8,10,12,17,22H,9,11,13H2. The molecule has 0 aliphatic carbocycles. The fourth-order valence-electron chi connectivity index (χ4n) is 3.16. The van der Waals surface area contributed by atoms with Crippen LogP contribution < -0.4 is 9.62 Å². The predicted octanol–water partition coefficient (Wildman–Crippen LogP) is 3.51.